The smallest absolute Gasteiger partial charge is 0.357 e. The van der Waals surface area contributed by atoms with E-state index < -0.39 is 5.97 Å². The quantitative estimate of drug-likeness (QED) is 0.0782. The number of hydrogen-bond acceptors (Lipinski definition) is 12. The molecule has 0 amide bonds. The average Bonchev–Trinajstić information content (AvgIpc) is 3.73. The Balaban J connectivity index is 1.10. The van der Waals surface area contributed by atoms with Crippen LogP contribution < -0.4 is 37.5 Å². The number of nitrogens with one attached hydrogen (secondary N) is 6. The van der Waals surface area contributed by atoms with Gasteiger partial charge in [-0.2, -0.15) is 0 Å². The highest BCUT2D eigenvalue weighted by Crippen LogP contribution is 2.32. The van der Waals surface area contributed by atoms with E-state index in [1.807, 2.05) is 37.3 Å². The van der Waals surface area contributed by atoms with E-state index in [0.717, 1.165) is 52.0 Å². The van der Waals surface area contributed by atoms with Crippen LogP contribution in [0.3, 0.4) is 0 Å². The maximum absolute atomic E-state index is 11.8. The summed E-state index contributed by atoms with van der Waals surface area (Å²) in [4.78, 5) is 18.5. The minimum Gasteiger partial charge on any atom is -0.461 e. The Morgan fingerprint density at radius 2 is 1.52 bits per heavy atom. The highest BCUT2D eigenvalue weighted by Gasteiger charge is 2.14. The van der Waals surface area contributed by atoms with Gasteiger partial charge in [-0.3, -0.25) is 16.3 Å². The van der Waals surface area contributed by atoms with Gasteiger partial charge in [0.05, 0.1) is 34.4 Å². The van der Waals surface area contributed by atoms with Crippen molar-refractivity contribution >= 4 is 66.5 Å². The van der Waals surface area contributed by atoms with Gasteiger partial charge in [-0.15, -0.1) is 11.3 Å². The molecular weight excluding hydrogens is 544 g/mol. The van der Waals surface area contributed by atoms with E-state index in [1.165, 1.54) is 29.2 Å². The second-order valence-corrected chi connectivity index (χ2v) is 11.3. The Morgan fingerprint density at radius 3 is 2.17 bits per heavy atom. The molecule has 1 aliphatic heterocycles. The number of esters is 1. The number of anilines is 7. The average molecular weight is 579 g/mol. The van der Waals surface area contributed by atoms with Gasteiger partial charge in [0.1, 0.15) is 5.00 Å². The van der Waals surface area contributed by atoms with Gasteiger partial charge in [-0.05, 0) is 93.3 Å². The molecule has 2 aromatic carbocycles. The molecule has 3 heterocycles. The number of thiophene rings is 1. The molecule has 0 radical (unpaired) electrons. The number of hydrazine groups is 3. The van der Waals surface area contributed by atoms with E-state index in [2.05, 4.69) is 67.6 Å². The largest absolute Gasteiger partial charge is 0.461 e. The van der Waals surface area contributed by atoms with Gasteiger partial charge in [0.25, 0.3) is 0 Å². The van der Waals surface area contributed by atoms with Crippen LogP contribution in [0, 0.1) is 13.8 Å². The number of aromatic nitrogens is 1. The molecule has 10 nitrogen and oxygen atoms in total. The zero-order chi connectivity index (χ0) is 27.9. The first kappa shape index (κ1) is 27.4. The number of rotatable bonds is 12. The standard InChI is InChI=1S/C28H34N8O2S2/c1-4-38-27(37)24-17-39-28(29-24)35-33-23-10-7-20(15-19(23)3)30-32-22-9-8-21(16-18(22)2)31-34-25-11-12-26(40-25)36-13-5-6-14-36/h7-12,15-17,30-34H,4-6,13-14H2,1-3H3,(H,29,35). The van der Waals surface area contributed by atoms with Crippen molar-refractivity contribution in [2.75, 3.05) is 57.2 Å². The first-order valence-corrected chi connectivity index (χ1v) is 14.9. The fourth-order valence-corrected chi connectivity index (χ4v) is 5.83. The van der Waals surface area contributed by atoms with Gasteiger partial charge >= 0.3 is 5.97 Å². The SMILES string of the molecule is CCOC(=O)c1csc(NNc2ccc(NNc3ccc(NNc4ccc(N5CCCC5)s4)cc3C)cc2C)n1. The van der Waals surface area contributed by atoms with Crippen molar-refractivity contribution in [3.63, 3.8) is 0 Å². The van der Waals surface area contributed by atoms with Crippen LogP contribution >= 0.6 is 22.7 Å². The number of carbonyl (C=O) groups is 1. The van der Waals surface area contributed by atoms with Crippen LogP contribution in [0.4, 0.5) is 37.9 Å². The van der Waals surface area contributed by atoms with E-state index in [1.54, 1.807) is 23.6 Å². The van der Waals surface area contributed by atoms with Crippen molar-refractivity contribution in [3.8, 4) is 0 Å². The molecule has 5 rings (SSSR count). The molecular formula is C28H34N8O2S2. The normalized spacial score (nSPS) is 12.6. The van der Waals surface area contributed by atoms with Crippen molar-refractivity contribution in [3.05, 3.63) is 70.7 Å². The molecule has 0 bridgehead atoms. The minimum absolute atomic E-state index is 0.294. The summed E-state index contributed by atoms with van der Waals surface area (Å²) in [6, 6.07) is 16.5. The molecule has 1 aliphatic rings. The van der Waals surface area contributed by atoms with Gasteiger partial charge in [0.15, 0.2) is 5.69 Å². The first-order valence-electron chi connectivity index (χ1n) is 13.2. The van der Waals surface area contributed by atoms with Crippen LogP contribution in [0.15, 0.2) is 53.9 Å². The van der Waals surface area contributed by atoms with Crippen LogP contribution in [0.2, 0.25) is 0 Å². The monoisotopic (exact) mass is 578 g/mol. The third kappa shape index (κ3) is 6.88. The fraction of sp³-hybridized carbons (Fsp3) is 0.286. The summed E-state index contributed by atoms with van der Waals surface area (Å²) in [5.74, 6) is -0.423. The Hall–Kier alpha value is -4.16. The molecule has 0 atom stereocenters. The van der Waals surface area contributed by atoms with Gasteiger partial charge < -0.3 is 25.9 Å². The van der Waals surface area contributed by atoms with E-state index in [4.69, 9.17) is 4.74 Å². The maximum Gasteiger partial charge on any atom is 0.357 e. The number of aryl methyl sites for hydroxylation is 2. The summed E-state index contributed by atoms with van der Waals surface area (Å²) in [6.45, 7) is 8.48. The molecule has 4 aromatic rings. The lowest BCUT2D eigenvalue weighted by Crippen LogP contribution is -2.15. The molecule has 40 heavy (non-hydrogen) atoms. The minimum atomic E-state index is -0.423. The molecule has 0 unspecified atom stereocenters. The van der Waals surface area contributed by atoms with Crippen molar-refractivity contribution in [1.29, 1.82) is 0 Å². The van der Waals surface area contributed by atoms with Crippen LogP contribution in [0.5, 0.6) is 0 Å². The topological polar surface area (TPSA) is 115 Å². The molecule has 1 fully saturated rings. The lowest BCUT2D eigenvalue weighted by Gasteiger charge is -2.16. The third-order valence-electron chi connectivity index (χ3n) is 6.43. The van der Waals surface area contributed by atoms with Crippen molar-refractivity contribution < 1.29 is 9.53 Å². The number of ether oxygens (including phenoxy) is 1. The summed E-state index contributed by atoms with van der Waals surface area (Å²) in [5, 5.41) is 4.67. The van der Waals surface area contributed by atoms with Crippen LogP contribution in [-0.2, 0) is 4.74 Å². The van der Waals surface area contributed by atoms with Crippen molar-refractivity contribution in [1.82, 2.24) is 4.98 Å². The summed E-state index contributed by atoms with van der Waals surface area (Å²) in [5.41, 5.74) is 25.7. The third-order valence-corrected chi connectivity index (χ3v) is 8.25. The summed E-state index contributed by atoms with van der Waals surface area (Å²) in [6.07, 6.45) is 2.56. The van der Waals surface area contributed by atoms with E-state index >= 15 is 0 Å². The lowest BCUT2D eigenvalue weighted by atomic mass is 10.2. The second-order valence-electron chi connectivity index (χ2n) is 9.40. The van der Waals surface area contributed by atoms with Crippen LogP contribution in [0.1, 0.15) is 41.4 Å². The van der Waals surface area contributed by atoms with E-state index in [0.29, 0.717) is 17.4 Å². The molecule has 0 saturated carbocycles. The molecule has 6 N–H and O–H groups in total. The number of hydrogen-bond donors (Lipinski definition) is 6. The molecule has 0 spiro atoms. The van der Waals surface area contributed by atoms with Gasteiger partial charge in [-0.25, -0.2) is 9.78 Å². The van der Waals surface area contributed by atoms with Crippen LogP contribution in [0.25, 0.3) is 0 Å². The predicted molar refractivity (Wildman–Crippen MR) is 168 cm³/mol. The zero-order valence-electron chi connectivity index (χ0n) is 22.8. The number of nitrogens with zero attached hydrogens (tertiary/aromatic N) is 2. The van der Waals surface area contributed by atoms with Crippen molar-refractivity contribution in [2.24, 2.45) is 0 Å². The molecule has 210 valence electrons. The number of benzene rings is 2. The Bertz CT molecular complexity index is 1450. The highest BCUT2D eigenvalue weighted by molar-refractivity contribution is 7.20. The second kappa shape index (κ2) is 12.8. The fourth-order valence-electron chi connectivity index (χ4n) is 4.29. The highest BCUT2D eigenvalue weighted by atomic mass is 32.1. The van der Waals surface area contributed by atoms with Gasteiger partial charge in [0.2, 0.25) is 5.13 Å². The number of carbonyl (C=O) groups excluding carboxylic acids is 1. The predicted octanol–water partition coefficient (Wildman–Crippen LogP) is 6.92. The molecule has 12 heteroatoms. The summed E-state index contributed by atoms with van der Waals surface area (Å²) in [7, 11) is 0. The van der Waals surface area contributed by atoms with Crippen molar-refractivity contribution in [2.45, 2.75) is 33.6 Å². The Labute approximate surface area is 242 Å². The summed E-state index contributed by atoms with van der Waals surface area (Å²) < 4.78 is 4.98. The van der Waals surface area contributed by atoms with Crippen LogP contribution in [-0.4, -0.2) is 30.6 Å². The van der Waals surface area contributed by atoms with Gasteiger partial charge in [0, 0.05) is 18.5 Å². The van der Waals surface area contributed by atoms with E-state index in [9.17, 15) is 4.79 Å². The first-order chi connectivity index (χ1) is 19.5. The Morgan fingerprint density at radius 1 is 0.875 bits per heavy atom. The molecule has 2 aromatic heterocycles. The maximum atomic E-state index is 11.8. The molecule has 1 saturated heterocycles. The molecule has 0 aliphatic carbocycles. The Kier molecular flexibility index (Phi) is 8.77. The number of thiazole rings is 1. The zero-order valence-corrected chi connectivity index (χ0v) is 24.4. The summed E-state index contributed by atoms with van der Waals surface area (Å²) >= 11 is 3.10. The van der Waals surface area contributed by atoms with E-state index in [-0.39, 0.29) is 0 Å². The van der Waals surface area contributed by atoms with Gasteiger partial charge in [-0.1, -0.05) is 11.3 Å². The lowest BCUT2D eigenvalue weighted by molar-refractivity contribution is 0.0520.